The molecule has 1 aliphatic heterocycles. The molecule has 3 heterocycles. The number of amides is 1. The van der Waals surface area contributed by atoms with Crippen molar-refractivity contribution >= 4 is 15.9 Å². The van der Waals surface area contributed by atoms with Gasteiger partial charge in [0.05, 0.1) is 43.7 Å². The van der Waals surface area contributed by atoms with E-state index in [0.717, 1.165) is 0 Å². The van der Waals surface area contributed by atoms with Crippen LogP contribution in [0.5, 0.6) is 0 Å². The summed E-state index contributed by atoms with van der Waals surface area (Å²) in [6, 6.07) is 11.7. The molecule has 0 radical (unpaired) electrons. The third-order valence-corrected chi connectivity index (χ3v) is 7.08. The predicted molar refractivity (Wildman–Crippen MR) is 112 cm³/mol. The largest absolute Gasteiger partial charge is 0.467 e. The highest BCUT2D eigenvalue weighted by atomic mass is 32.2. The summed E-state index contributed by atoms with van der Waals surface area (Å²) in [5, 5.41) is 0. The normalized spacial score (nSPS) is 15.1. The molecule has 0 spiro atoms. The van der Waals surface area contributed by atoms with Crippen molar-refractivity contribution in [2.75, 3.05) is 26.3 Å². The summed E-state index contributed by atoms with van der Waals surface area (Å²) in [5.74, 6) is 0.939. The van der Waals surface area contributed by atoms with Gasteiger partial charge < -0.3 is 18.5 Å². The monoisotopic (exact) mass is 444 g/mol. The first-order valence-electron chi connectivity index (χ1n) is 9.98. The average molecular weight is 445 g/mol. The van der Waals surface area contributed by atoms with E-state index in [0.29, 0.717) is 49.0 Å². The number of aryl methyl sites for hydroxylation is 1. The molecule has 1 aromatic carbocycles. The highest BCUT2D eigenvalue weighted by Gasteiger charge is 2.28. The Balaban J connectivity index is 1.65. The summed E-state index contributed by atoms with van der Waals surface area (Å²) >= 11 is 0. The van der Waals surface area contributed by atoms with Gasteiger partial charge in [0.15, 0.2) is 0 Å². The Kier molecular flexibility index (Phi) is 6.26. The second kappa shape index (κ2) is 9.09. The zero-order valence-electron chi connectivity index (χ0n) is 17.2. The maximum Gasteiger partial charge on any atom is 0.254 e. The summed E-state index contributed by atoms with van der Waals surface area (Å²) in [4.78, 5) is 15.2. The maximum absolute atomic E-state index is 13.5. The predicted octanol–water partition coefficient (Wildman–Crippen LogP) is 3.04. The van der Waals surface area contributed by atoms with E-state index in [4.69, 9.17) is 13.6 Å². The lowest BCUT2D eigenvalue weighted by molar-refractivity contribution is 0.0703. The van der Waals surface area contributed by atoms with Crippen LogP contribution in [0.3, 0.4) is 0 Å². The molecule has 0 N–H and O–H groups in total. The van der Waals surface area contributed by atoms with Crippen LogP contribution in [0.4, 0.5) is 0 Å². The third-order valence-electron chi connectivity index (χ3n) is 5.19. The van der Waals surface area contributed by atoms with Crippen molar-refractivity contribution in [1.82, 2.24) is 9.21 Å². The number of morpholine rings is 1. The molecule has 1 saturated heterocycles. The molecule has 8 nitrogen and oxygen atoms in total. The van der Waals surface area contributed by atoms with Gasteiger partial charge in [-0.1, -0.05) is 6.07 Å². The molecular weight excluding hydrogens is 420 g/mol. The quantitative estimate of drug-likeness (QED) is 0.556. The fraction of sp³-hybridized carbons (Fsp3) is 0.318. The van der Waals surface area contributed by atoms with Crippen LogP contribution in [-0.4, -0.2) is 49.8 Å². The van der Waals surface area contributed by atoms with Crippen LogP contribution in [0.25, 0.3) is 0 Å². The molecule has 9 heteroatoms. The SMILES string of the molecule is Cc1ccc(S(=O)(=O)N2CCOCC2)cc1C(=O)N(Cc1ccco1)Cc1ccco1. The minimum atomic E-state index is -3.71. The molecule has 164 valence electrons. The second-order valence-electron chi connectivity index (χ2n) is 7.31. The van der Waals surface area contributed by atoms with Gasteiger partial charge in [-0.3, -0.25) is 4.79 Å². The lowest BCUT2D eigenvalue weighted by Gasteiger charge is -2.26. The van der Waals surface area contributed by atoms with Gasteiger partial charge in [-0.2, -0.15) is 4.31 Å². The van der Waals surface area contributed by atoms with Gasteiger partial charge in [-0.15, -0.1) is 0 Å². The number of carbonyl (C=O) groups excluding carboxylic acids is 1. The zero-order chi connectivity index (χ0) is 21.8. The molecule has 0 atom stereocenters. The van der Waals surface area contributed by atoms with E-state index in [1.165, 1.54) is 10.4 Å². The Hall–Kier alpha value is -2.88. The van der Waals surface area contributed by atoms with Gasteiger partial charge in [-0.25, -0.2) is 8.42 Å². The van der Waals surface area contributed by atoms with Crippen molar-refractivity contribution in [2.45, 2.75) is 24.9 Å². The Labute approximate surface area is 181 Å². The van der Waals surface area contributed by atoms with E-state index in [-0.39, 0.29) is 23.9 Å². The van der Waals surface area contributed by atoms with Gasteiger partial charge in [0.1, 0.15) is 11.5 Å². The lowest BCUT2D eigenvalue weighted by atomic mass is 10.1. The van der Waals surface area contributed by atoms with Gasteiger partial charge >= 0.3 is 0 Å². The van der Waals surface area contributed by atoms with Gasteiger partial charge in [0.2, 0.25) is 10.0 Å². The number of hydrogen-bond acceptors (Lipinski definition) is 6. The van der Waals surface area contributed by atoms with E-state index < -0.39 is 10.0 Å². The van der Waals surface area contributed by atoms with Crippen LogP contribution in [-0.2, 0) is 27.8 Å². The number of furan rings is 2. The number of hydrogen-bond donors (Lipinski definition) is 0. The minimum absolute atomic E-state index is 0.0966. The maximum atomic E-state index is 13.5. The zero-order valence-corrected chi connectivity index (χ0v) is 18.0. The molecule has 31 heavy (non-hydrogen) atoms. The van der Waals surface area contributed by atoms with Crippen LogP contribution < -0.4 is 0 Å². The molecule has 0 bridgehead atoms. The van der Waals surface area contributed by atoms with Crippen molar-refractivity contribution in [3.05, 3.63) is 77.6 Å². The van der Waals surface area contributed by atoms with Crippen molar-refractivity contribution in [2.24, 2.45) is 0 Å². The number of carbonyl (C=O) groups is 1. The average Bonchev–Trinajstić information content (AvgIpc) is 3.48. The van der Waals surface area contributed by atoms with Gasteiger partial charge in [0.25, 0.3) is 5.91 Å². The fourth-order valence-corrected chi connectivity index (χ4v) is 4.91. The molecule has 4 rings (SSSR count). The molecule has 1 amide bonds. The Morgan fingerprint density at radius 2 is 1.61 bits per heavy atom. The topological polar surface area (TPSA) is 93.2 Å². The smallest absolute Gasteiger partial charge is 0.254 e. The van der Waals surface area contributed by atoms with Crippen molar-refractivity contribution in [3.8, 4) is 0 Å². The summed E-state index contributed by atoms with van der Waals surface area (Å²) in [7, 11) is -3.71. The van der Waals surface area contributed by atoms with Gasteiger partial charge in [-0.05, 0) is 48.9 Å². The summed E-state index contributed by atoms with van der Waals surface area (Å²) < 4.78 is 43.6. The molecule has 0 unspecified atom stereocenters. The molecule has 3 aromatic rings. The fourth-order valence-electron chi connectivity index (χ4n) is 3.48. The first-order chi connectivity index (χ1) is 14.9. The van der Waals surface area contributed by atoms with Crippen molar-refractivity contribution in [1.29, 1.82) is 0 Å². The van der Waals surface area contributed by atoms with Crippen molar-refractivity contribution in [3.63, 3.8) is 0 Å². The Bertz CT molecular complexity index is 1080. The molecular formula is C22H24N2O6S. The Morgan fingerprint density at radius 3 is 2.16 bits per heavy atom. The molecule has 1 aliphatic rings. The van der Waals surface area contributed by atoms with E-state index in [2.05, 4.69) is 0 Å². The highest BCUT2D eigenvalue weighted by Crippen LogP contribution is 2.23. The summed E-state index contributed by atoms with van der Waals surface area (Å²) in [6.07, 6.45) is 3.09. The van der Waals surface area contributed by atoms with E-state index in [9.17, 15) is 13.2 Å². The second-order valence-corrected chi connectivity index (χ2v) is 9.25. The molecule has 0 aliphatic carbocycles. The Morgan fingerprint density at radius 1 is 1.00 bits per heavy atom. The van der Waals surface area contributed by atoms with Crippen LogP contribution in [0.15, 0.2) is 68.7 Å². The standard InChI is InChI=1S/C22H24N2O6S/c1-17-6-7-20(31(26,27)24-8-12-28-13-9-24)14-21(17)22(25)23(15-18-4-2-10-29-18)16-19-5-3-11-30-19/h2-7,10-11,14H,8-9,12-13,15-16H2,1H3. The van der Waals surface area contributed by atoms with Crippen LogP contribution in [0, 0.1) is 6.92 Å². The minimum Gasteiger partial charge on any atom is -0.467 e. The lowest BCUT2D eigenvalue weighted by Crippen LogP contribution is -2.40. The molecule has 1 fully saturated rings. The van der Waals surface area contributed by atoms with Crippen LogP contribution in [0.1, 0.15) is 27.4 Å². The first-order valence-corrected chi connectivity index (χ1v) is 11.4. The van der Waals surface area contributed by atoms with Gasteiger partial charge in [0, 0.05) is 18.7 Å². The summed E-state index contributed by atoms with van der Waals surface area (Å²) in [5.41, 5.74) is 1.02. The van der Waals surface area contributed by atoms with Crippen molar-refractivity contribution < 1.29 is 26.8 Å². The molecule has 2 aromatic heterocycles. The number of nitrogens with zero attached hydrogens (tertiary/aromatic N) is 2. The summed E-state index contributed by atoms with van der Waals surface area (Å²) in [6.45, 7) is 3.55. The number of benzene rings is 1. The number of ether oxygens (including phenoxy) is 1. The third kappa shape index (κ3) is 4.73. The number of sulfonamides is 1. The first kappa shape index (κ1) is 21.4. The van der Waals surface area contributed by atoms with Crippen LogP contribution in [0.2, 0.25) is 0 Å². The van der Waals surface area contributed by atoms with E-state index in [1.807, 2.05) is 0 Å². The van der Waals surface area contributed by atoms with E-state index >= 15 is 0 Å². The number of rotatable bonds is 7. The van der Waals surface area contributed by atoms with Crippen LogP contribution >= 0.6 is 0 Å². The molecule has 0 saturated carbocycles. The van der Waals surface area contributed by atoms with E-state index in [1.54, 1.807) is 60.7 Å². The highest BCUT2D eigenvalue weighted by molar-refractivity contribution is 7.89.